The van der Waals surface area contributed by atoms with Crippen molar-refractivity contribution in [2.24, 2.45) is 5.92 Å². The van der Waals surface area contributed by atoms with Gasteiger partial charge in [-0.15, -0.1) is 0 Å². The molecule has 9 nitrogen and oxygen atoms in total. The third-order valence-corrected chi connectivity index (χ3v) is 8.43. The molecule has 0 aromatic carbocycles. The maximum Gasteiger partial charge on any atom is 0.410 e. The fourth-order valence-corrected chi connectivity index (χ4v) is 6.23. The van der Waals surface area contributed by atoms with Gasteiger partial charge in [0.1, 0.15) is 11.2 Å². The van der Waals surface area contributed by atoms with Crippen LogP contribution in [0.3, 0.4) is 0 Å². The van der Waals surface area contributed by atoms with Crippen LogP contribution in [0.2, 0.25) is 0 Å². The van der Waals surface area contributed by atoms with E-state index in [1.165, 1.54) is 10.6 Å². The van der Waals surface area contributed by atoms with Crippen molar-refractivity contribution in [3.8, 4) is 0 Å². The quantitative estimate of drug-likeness (QED) is 0.471. The normalized spacial score (nSPS) is 19.1. The Balaban J connectivity index is 1.27. The van der Waals surface area contributed by atoms with Gasteiger partial charge >= 0.3 is 12.1 Å². The molecule has 4 heterocycles. The predicted octanol–water partition coefficient (Wildman–Crippen LogP) is 4.57. The number of piperazine rings is 1. The summed E-state index contributed by atoms with van der Waals surface area (Å²) < 4.78 is 27.6. The number of halogens is 1. The minimum atomic E-state index is -0.663. The predicted molar refractivity (Wildman–Crippen MR) is 155 cm³/mol. The molecule has 1 aliphatic carbocycles. The highest BCUT2D eigenvalue weighted by atomic mass is 19.1. The van der Waals surface area contributed by atoms with Crippen LogP contribution >= 0.6 is 0 Å². The zero-order chi connectivity index (χ0) is 29.5. The van der Waals surface area contributed by atoms with Gasteiger partial charge in [-0.2, -0.15) is 0 Å². The number of carbonyl (C=O) groups is 2. The van der Waals surface area contributed by atoms with E-state index in [4.69, 9.17) is 9.47 Å². The summed E-state index contributed by atoms with van der Waals surface area (Å²) in [5.74, 6) is -0.349. The van der Waals surface area contributed by atoms with Crippen molar-refractivity contribution in [3.63, 3.8) is 0 Å². The molecule has 0 spiro atoms. The van der Waals surface area contributed by atoms with Crippen molar-refractivity contribution in [1.29, 1.82) is 0 Å². The number of ether oxygens (including phenoxy) is 2. The summed E-state index contributed by atoms with van der Waals surface area (Å²) in [5, 5.41) is 0. The van der Waals surface area contributed by atoms with E-state index in [1.54, 1.807) is 17.9 Å². The zero-order valence-corrected chi connectivity index (χ0v) is 25.0. The Morgan fingerprint density at radius 2 is 1.68 bits per heavy atom. The number of rotatable bonds is 6. The first kappa shape index (κ1) is 29.4. The number of fused-ring (bicyclic) bond motifs is 1. The summed E-state index contributed by atoms with van der Waals surface area (Å²) in [6.07, 6.45) is 4.87. The van der Waals surface area contributed by atoms with Gasteiger partial charge in [0.05, 0.1) is 24.0 Å². The molecule has 2 aromatic rings. The summed E-state index contributed by atoms with van der Waals surface area (Å²) in [5.41, 5.74) is 1.87. The fraction of sp³-hybridized carbons (Fsp3) is 0.645. The Morgan fingerprint density at radius 3 is 2.27 bits per heavy atom. The third-order valence-electron chi connectivity index (χ3n) is 8.43. The summed E-state index contributed by atoms with van der Waals surface area (Å²) in [6, 6.07) is 1.68. The average molecular weight is 571 g/mol. The fourth-order valence-electron chi connectivity index (χ4n) is 6.23. The molecule has 0 atom stereocenters. The Labute approximate surface area is 241 Å². The van der Waals surface area contributed by atoms with Gasteiger partial charge in [0.25, 0.3) is 5.56 Å². The van der Waals surface area contributed by atoms with E-state index in [0.29, 0.717) is 30.2 Å². The number of hydrogen-bond donors (Lipinski definition) is 0. The summed E-state index contributed by atoms with van der Waals surface area (Å²) in [7, 11) is 0. The van der Waals surface area contributed by atoms with Gasteiger partial charge in [-0.1, -0.05) is 0 Å². The smallest absolute Gasteiger partial charge is 0.410 e. The number of piperidine rings is 1. The lowest BCUT2D eigenvalue weighted by molar-refractivity contribution is 0.0130. The monoisotopic (exact) mass is 570 g/mol. The van der Waals surface area contributed by atoms with Crippen molar-refractivity contribution >= 4 is 23.3 Å². The molecule has 2 aliphatic heterocycles. The molecule has 3 aliphatic rings. The Morgan fingerprint density at radius 1 is 1.02 bits per heavy atom. The van der Waals surface area contributed by atoms with Crippen molar-refractivity contribution in [2.45, 2.75) is 71.8 Å². The lowest BCUT2D eigenvalue weighted by atomic mass is 9.94. The molecular weight excluding hydrogens is 527 g/mol. The third kappa shape index (κ3) is 6.37. The second kappa shape index (κ2) is 11.6. The first-order valence-electron chi connectivity index (χ1n) is 15.0. The number of hydrogen-bond acceptors (Lipinski definition) is 7. The van der Waals surface area contributed by atoms with Crippen LogP contribution < -0.4 is 10.5 Å². The molecule has 10 heteroatoms. The van der Waals surface area contributed by atoms with Gasteiger partial charge in [-0.25, -0.2) is 14.0 Å². The van der Waals surface area contributed by atoms with E-state index in [9.17, 15) is 14.4 Å². The number of aryl methyl sites for hydroxylation is 1. The molecular formula is C31H43FN4O5. The summed E-state index contributed by atoms with van der Waals surface area (Å²) >= 11 is 0. The molecule has 0 N–H and O–H groups in total. The van der Waals surface area contributed by atoms with Crippen LogP contribution in [0.1, 0.15) is 80.8 Å². The highest BCUT2D eigenvalue weighted by molar-refractivity contribution is 5.90. The topological polar surface area (TPSA) is 83.8 Å². The number of esters is 1. The Kier molecular flexibility index (Phi) is 8.32. The van der Waals surface area contributed by atoms with Gasteiger partial charge < -0.3 is 19.3 Å². The molecule has 1 amide bonds. The van der Waals surface area contributed by atoms with Crippen LogP contribution in [-0.4, -0.2) is 84.3 Å². The lowest BCUT2D eigenvalue weighted by Gasteiger charge is -2.40. The molecule has 0 radical (unpaired) electrons. The SMILES string of the molecule is CCOC(=O)c1cc(C2CC2)c2c(C)c(N3CCC(CN4CCN(C(=O)OC(C)(C)C)CC4)CC3)c(F)cn2c1=O. The maximum atomic E-state index is 15.7. The van der Waals surface area contributed by atoms with Crippen LogP contribution in [0, 0.1) is 18.7 Å². The molecule has 2 aromatic heterocycles. The molecule has 0 bridgehead atoms. The van der Waals surface area contributed by atoms with Crippen molar-refractivity contribution in [3.05, 3.63) is 45.1 Å². The molecule has 2 saturated heterocycles. The lowest BCUT2D eigenvalue weighted by Crippen LogP contribution is -2.51. The standard InChI is InChI=1S/C31H43FN4O5/c1-6-40-29(38)24-17-23(22-7-8-22)26-20(2)27(25(32)19-36(26)28(24)37)34-11-9-21(10-12-34)18-33-13-15-35(16-14-33)30(39)41-31(3,4)5/h17,19,21-22H,6-16,18H2,1-5H3. The van der Waals surface area contributed by atoms with E-state index in [-0.39, 0.29) is 24.2 Å². The first-order valence-corrected chi connectivity index (χ1v) is 15.0. The number of pyridine rings is 2. The molecule has 1 saturated carbocycles. The van der Waals surface area contributed by atoms with Gasteiger partial charge in [0, 0.05) is 45.8 Å². The molecule has 3 fully saturated rings. The van der Waals surface area contributed by atoms with Crippen LogP contribution in [0.4, 0.5) is 14.9 Å². The van der Waals surface area contributed by atoms with E-state index in [0.717, 1.165) is 69.5 Å². The second-order valence-electron chi connectivity index (χ2n) is 12.7. The second-order valence-corrected chi connectivity index (χ2v) is 12.7. The maximum absolute atomic E-state index is 15.7. The zero-order valence-electron chi connectivity index (χ0n) is 25.0. The van der Waals surface area contributed by atoms with Crippen molar-refractivity contribution in [2.75, 3.05) is 57.3 Å². The summed E-state index contributed by atoms with van der Waals surface area (Å²) in [6.45, 7) is 14.8. The number of amides is 1. The number of anilines is 1. The molecule has 41 heavy (non-hydrogen) atoms. The average Bonchev–Trinajstić information content (AvgIpc) is 3.75. The van der Waals surface area contributed by atoms with Gasteiger partial charge in [0.15, 0.2) is 5.82 Å². The van der Waals surface area contributed by atoms with Crippen LogP contribution in [0.15, 0.2) is 17.1 Å². The van der Waals surface area contributed by atoms with Crippen molar-refractivity contribution < 1.29 is 23.5 Å². The minimum Gasteiger partial charge on any atom is -0.462 e. The van der Waals surface area contributed by atoms with Gasteiger partial charge in [-0.3, -0.25) is 14.1 Å². The summed E-state index contributed by atoms with van der Waals surface area (Å²) in [4.78, 5) is 44.4. The molecule has 224 valence electrons. The van der Waals surface area contributed by atoms with E-state index >= 15 is 4.39 Å². The Bertz CT molecular complexity index is 1360. The van der Waals surface area contributed by atoms with Crippen LogP contribution in [0.25, 0.3) is 5.52 Å². The Hall–Kier alpha value is -3.14. The number of carbonyl (C=O) groups excluding carboxylic acids is 2. The van der Waals surface area contributed by atoms with Crippen LogP contribution in [-0.2, 0) is 9.47 Å². The highest BCUT2D eigenvalue weighted by Crippen LogP contribution is 2.44. The van der Waals surface area contributed by atoms with Gasteiger partial charge in [0.2, 0.25) is 0 Å². The van der Waals surface area contributed by atoms with E-state index < -0.39 is 22.9 Å². The molecule has 0 unspecified atom stereocenters. The first-order chi connectivity index (χ1) is 19.5. The van der Waals surface area contributed by atoms with Crippen LogP contribution in [0.5, 0.6) is 0 Å². The number of aromatic nitrogens is 1. The van der Waals surface area contributed by atoms with Gasteiger partial charge in [-0.05, 0) is 89.3 Å². The van der Waals surface area contributed by atoms with E-state index in [2.05, 4.69) is 9.80 Å². The highest BCUT2D eigenvalue weighted by Gasteiger charge is 2.33. The largest absolute Gasteiger partial charge is 0.462 e. The minimum absolute atomic E-state index is 0.0365. The van der Waals surface area contributed by atoms with Crippen molar-refractivity contribution in [1.82, 2.24) is 14.2 Å². The van der Waals surface area contributed by atoms with E-state index in [1.807, 2.05) is 27.7 Å². The molecule has 5 rings (SSSR count). The number of nitrogens with zero attached hydrogens (tertiary/aromatic N) is 4.